The number of hydrogen-bond donors (Lipinski definition) is 0. The molecule has 0 spiro atoms. The molecule has 0 N–H and O–H groups in total. The van der Waals surface area contributed by atoms with E-state index in [4.69, 9.17) is 19.9 Å². The molecule has 446 valence electrons. The zero-order valence-electron chi connectivity index (χ0n) is 51.8. The predicted octanol–water partition coefficient (Wildman–Crippen LogP) is 22.3. The number of nitrogens with zero attached hydrogens (tertiary/aromatic N) is 8. The van der Waals surface area contributed by atoms with Gasteiger partial charge in [0.25, 0.3) is 0 Å². The molecule has 0 fully saturated rings. The summed E-state index contributed by atoms with van der Waals surface area (Å²) in [5.41, 5.74) is 21.5. The van der Waals surface area contributed by atoms with E-state index in [-0.39, 0.29) is 0 Å². The first-order valence-corrected chi connectivity index (χ1v) is 32.6. The van der Waals surface area contributed by atoms with Crippen molar-refractivity contribution in [3.05, 3.63) is 328 Å². The van der Waals surface area contributed by atoms with Crippen LogP contribution in [0.1, 0.15) is 0 Å². The lowest BCUT2D eigenvalue weighted by Crippen LogP contribution is -2.04. The Morgan fingerprint density at radius 3 is 1.23 bits per heavy atom. The average molecular weight is 1220 g/mol. The van der Waals surface area contributed by atoms with Gasteiger partial charge in [-0.25, -0.2) is 19.9 Å². The fourth-order valence-electron chi connectivity index (χ4n) is 15.5. The summed E-state index contributed by atoms with van der Waals surface area (Å²) >= 11 is 0. The van der Waals surface area contributed by atoms with Crippen LogP contribution < -0.4 is 0 Å². The summed E-state index contributed by atoms with van der Waals surface area (Å²) in [6.45, 7) is 0. The number of rotatable bonds is 9. The second-order valence-electron chi connectivity index (χ2n) is 24.9. The monoisotopic (exact) mass is 1220 g/mol. The van der Waals surface area contributed by atoms with Crippen LogP contribution in [0.15, 0.2) is 328 Å². The molecule has 0 aliphatic heterocycles. The van der Waals surface area contributed by atoms with Crippen LogP contribution in [-0.2, 0) is 0 Å². The first-order chi connectivity index (χ1) is 47.6. The Morgan fingerprint density at radius 1 is 0.219 bits per heavy atom. The first-order valence-electron chi connectivity index (χ1n) is 32.6. The minimum atomic E-state index is 0.609. The van der Waals surface area contributed by atoms with Crippen LogP contribution in [0, 0.1) is 0 Å². The zero-order valence-corrected chi connectivity index (χ0v) is 51.8. The number of hydrogen-bond acceptors (Lipinski definition) is 4. The molecule has 6 heterocycles. The van der Waals surface area contributed by atoms with E-state index in [0.717, 1.165) is 144 Å². The molecular weight excluding hydrogens is 1170 g/mol. The molecule has 6 aromatic heterocycles. The van der Waals surface area contributed by atoms with Gasteiger partial charge in [0.1, 0.15) is 0 Å². The van der Waals surface area contributed by atoms with E-state index >= 15 is 0 Å². The molecule has 0 aliphatic carbocycles. The van der Waals surface area contributed by atoms with Crippen molar-refractivity contribution in [3.63, 3.8) is 0 Å². The number of aromatic nitrogens is 8. The van der Waals surface area contributed by atoms with E-state index < -0.39 is 0 Å². The molecule has 0 radical (unpaired) electrons. The van der Waals surface area contributed by atoms with Gasteiger partial charge in [-0.3, -0.25) is 4.57 Å². The van der Waals surface area contributed by atoms with E-state index in [1.54, 1.807) is 0 Å². The van der Waals surface area contributed by atoms with Gasteiger partial charge in [0.05, 0.1) is 66.7 Å². The lowest BCUT2D eigenvalue weighted by Gasteiger charge is -2.16. The molecule has 96 heavy (non-hydrogen) atoms. The topological polar surface area (TPSA) is 71.3 Å². The fraction of sp³-hybridized carbons (Fsp3) is 0. The van der Waals surface area contributed by atoms with E-state index in [1.165, 1.54) is 32.4 Å². The second kappa shape index (κ2) is 21.3. The van der Waals surface area contributed by atoms with Crippen LogP contribution in [0.3, 0.4) is 0 Å². The summed E-state index contributed by atoms with van der Waals surface area (Å²) in [5, 5.41) is 12.6. The van der Waals surface area contributed by atoms with Crippen LogP contribution in [-0.4, -0.2) is 38.2 Å². The van der Waals surface area contributed by atoms with Gasteiger partial charge in [-0.05, 0) is 96.1 Å². The maximum Gasteiger partial charge on any atom is 0.235 e. The molecule has 0 bridgehead atoms. The number of benzene rings is 14. The SMILES string of the molecule is c1ccc(-c2cc(-c3ccccc3)nc(-c3cc(-n4c5ccccc5c5ccccc54)cc(-n4c5ccccc5c5c(-c6cccc(-c7nc(-n8c9ccccc9c9c%10c%11ccccc%11n(-c%11ccccc%11)c%10c%10ccccc%10c98)nc8ccccc78)c6)cccc54)c3)n2)cc1. The van der Waals surface area contributed by atoms with Gasteiger partial charge in [0.15, 0.2) is 5.82 Å². The standard InChI is InChI=1S/C88H54N8/c1-4-26-55(27-5-1)73-54-74(56-28-6-2-7-29-56)90-87(89-73)59-51-61(93-75-44-19-13-34-64(75)65-35-14-20-45-76(65)93)53-62(52-59)94-77-46-21-15-39-69(77)81-63(42-25-49-80(81)94)57-30-24-31-58(50-57)84-68-38-12-18-43-72(68)91-88(92-84)96-79-48-23-17-41-71(79)83-82-70-40-16-22-47-78(70)95(60-32-8-3-9-33-60)85(82)66-36-10-11-37-67(66)86(83)96/h1-54H. The van der Waals surface area contributed by atoms with Gasteiger partial charge in [0, 0.05) is 98.6 Å². The Morgan fingerprint density at radius 2 is 0.635 bits per heavy atom. The molecule has 0 atom stereocenters. The molecule has 0 saturated carbocycles. The van der Waals surface area contributed by atoms with Gasteiger partial charge in [-0.1, -0.05) is 243 Å². The summed E-state index contributed by atoms with van der Waals surface area (Å²) in [4.78, 5) is 22.2. The van der Waals surface area contributed by atoms with Crippen molar-refractivity contribution >= 4 is 109 Å². The highest BCUT2D eigenvalue weighted by molar-refractivity contribution is 6.37. The minimum Gasteiger partial charge on any atom is -0.309 e. The smallest absolute Gasteiger partial charge is 0.235 e. The Kier molecular flexibility index (Phi) is 11.9. The lowest BCUT2D eigenvalue weighted by atomic mass is 9.96. The van der Waals surface area contributed by atoms with E-state index in [0.29, 0.717) is 11.8 Å². The lowest BCUT2D eigenvalue weighted by molar-refractivity contribution is 1.02. The highest BCUT2D eigenvalue weighted by Crippen LogP contribution is 2.48. The fourth-order valence-corrected chi connectivity index (χ4v) is 15.5. The molecule has 14 aromatic carbocycles. The van der Waals surface area contributed by atoms with Crippen molar-refractivity contribution in [3.8, 4) is 79.3 Å². The minimum absolute atomic E-state index is 0.609. The van der Waals surface area contributed by atoms with Gasteiger partial charge in [-0.15, -0.1) is 0 Å². The zero-order chi connectivity index (χ0) is 63.0. The normalized spacial score (nSPS) is 12.0. The van der Waals surface area contributed by atoms with Crippen molar-refractivity contribution in [1.29, 1.82) is 0 Å². The van der Waals surface area contributed by atoms with Crippen LogP contribution in [0.5, 0.6) is 0 Å². The molecule has 8 heteroatoms. The quantitative estimate of drug-likeness (QED) is 0.144. The Balaban J connectivity index is 0.798. The van der Waals surface area contributed by atoms with Crippen LogP contribution in [0.2, 0.25) is 0 Å². The molecule has 8 nitrogen and oxygen atoms in total. The van der Waals surface area contributed by atoms with E-state index in [2.05, 4.69) is 334 Å². The third-order valence-electron chi connectivity index (χ3n) is 19.5. The highest BCUT2D eigenvalue weighted by Gasteiger charge is 2.27. The summed E-state index contributed by atoms with van der Waals surface area (Å²) in [6.07, 6.45) is 0. The van der Waals surface area contributed by atoms with Gasteiger partial charge in [0.2, 0.25) is 5.95 Å². The summed E-state index contributed by atoms with van der Waals surface area (Å²) < 4.78 is 9.61. The molecular formula is C88H54N8. The van der Waals surface area contributed by atoms with Crippen molar-refractivity contribution < 1.29 is 0 Å². The van der Waals surface area contributed by atoms with Crippen molar-refractivity contribution in [1.82, 2.24) is 38.2 Å². The Labute approximate surface area is 550 Å². The van der Waals surface area contributed by atoms with Crippen molar-refractivity contribution in [2.75, 3.05) is 0 Å². The second-order valence-corrected chi connectivity index (χ2v) is 24.9. The van der Waals surface area contributed by atoms with Crippen LogP contribution >= 0.6 is 0 Å². The van der Waals surface area contributed by atoms with Crippen LogP contribution in [0.4, 0.5) is 0 Å². The van der Waals surface area contributed by atoms with Gasteiger partial charge >= 0.3 is 0 Å². The molecule has 0 amide bonds. The molecule has 20 aromatic rings. The molecule has 0 aliphatic rings. The maximum atomic E-state index is 5.78. The molecule has 0 saturated heterocycles. The Hall–Kier alpha value is -13.0. The molecule has 20 rings (SSSR count). The highest BCUT2D eigenvalue weighted by atomic mass is 15.2. The van der Waals surface area contributed by atoms with Gasteiger partial charge < -0.3 is 13.7 Å². The Bertz CT molecular complexity index is 6460. The third-order valence-corrected chi connectivity index (χ3v) is 19.5. The number of para-hydroxylation sites is 7. The summed E-state index contributed by atoms with van der Waals surface area (Å²) in [5.74, 6) is 1.24. The van der Waals surface area contributed by atoms with Crippen molar-refractivity contribution in [2.24, 2.45) is 0 Å². The van der Waals surface area contributed by atoms with Crippen LogP contribution in [0.25, 0.3) is 188 Å². The molecule has 0 unspecified atom stereocenters. The third kappa shape index (κ3) is 8.15. The maximum absolute atomic E-state index is 5.78. The van der Waals surface area contributed by atoms with Crippen molar-refractivity contribution in [2.45, 2.75) is 0 Å². The number of fused-ring (bicyclic) bond motifs is 17. The van der Waals surface area contributed by atoms with E-state index in [1.807, 2.05) is 12.1 Å². The van der Waals surface area contributed by atoms with E-state index in [9.17, 15) is 0 Å². The average Bonchev–Trinajstić information content (AvgIpc) is 1.52. The largest absolute Gasteiger partial charge is 0.309 e. The summed E-state index contributed by atoms with van der Waals surface area (Å²) in [6, 6.07) is 117. The first kappa shape index (κ1) is 53.6. The van der Waals surface area contributed by atoms with Gasteiger partial charge in [-0.2, -0.15) is 0 Å². The predicted molar refractivity (Wildman–Crippen MR) is 397 cm³/mol. The summed E-state index contributed by atoms with van der Waals surface area (Å²) in [7, 11) is 0.